The van der Waals surface area contributed by atoms with Crippen molar-refractivity contribution in [3.8, 4) is 0 Å². The number of carboxylic acid groups (broad SMARTS) is 1. The van der Waals surface area contributed by atoms with E-state index >= 15 is 0 Å². The Bertz CT molecular complexity index is 495. The van der Waals surface area contributed by atoms with Crippen LogP contribution in [0.5, 0.6) is 0 Å². The van der Waals surface area contributed by atoms with Crippen molar-refractivity contribution in [1.29, 1.82) is 0 Å². The van der Waals surface area contributed by atoms with Gasteiger partial charge in [0.05, 0.1) is 5.56 Å². The molecule has 0 heterocycles. The molecular weight excluding hydrogens is 268 g/mol. The molecule has 1 aromatic carbocycles. The summed E-state index contributed by atoms with van der Waals surface area (Å²) in [6.45, 7) is 2.48. The van der Waals surface area contributed by atoms with Crippen LogP contribution in [0.15, 0.2) is 24.3 Å². The molecular formula is C16H22N2O3. The molecule has 21 heavy (non-hydrogen) atoms. The molecule has 0 radical (unpaired) electrons. The van der Waals surface area contributed by atoms with Crippen LogP contribution in [0.25, 0.3) is 0 Å². The number of benzene rings is 1. The number of carbonyl (C=O) groups is 2. The molecule has 1 atom stereocenters. The number of urea groups is 1. The summed E-state index contributed by atoms with van der Waals surface area (Å²) in [5.41, 5.74) is 1.13. The van der Waals surface area contributed by atoms with Crippen molar-refractivity contribution < 1.29 is 14.7 Å². The molecule has 1 unspecified atom stereocenters. The zero-order valence-electron chi connectivity index (χ0n) is 12.3. The first-order chi connectivity index (χ1) is 10.1. The fraction of sp³-hybridized carbons (Fsp3) is 0.500. The third kappa shape index (κ3) is 5.10. The molecule has 1 saturated carbocycles. The van der Waals surface area contributed by atoms with Gasteiger partial charge in [-0.15, -0.1) is 0 Å². The third-order valence-electron chi connectivity index (χ3n) is 3.80. The zero-order valence-corrected chi connectivity index (χ0v) is 12.3. The lowest BCUT2D eigenvalue weighted by atomic mass is 10.1. The maximum Gasteiger partial charge on any atom is 0.335 e. The molecule has 1 aliphatic rings. The number of rotatable bonds is 7. The Morgan fingerprint density at radius 3 is 2.48 bits per heavy atom. The van der Waals surface area contributed by atoms with Gasteiger partial charge in [-0.3, -0.25) is 0 Å². The lowest BCUT2D eigenvalue weighted by molar-refractivity contribution is 0.0697. The van der Waals surface area contributed by atoms with Crippen molar-refractivity contribution in [2.24, 2.45) is 5.92 Å². The summed E-state index contributed by atoms with van der Waals surface area (Å²) in [4.78, 5) is 22.6. The molecule has 2 amide bonds. The largest absolute Gasteiger partial charge is 0.478 e. The van der Waals surface area contributed by atoms with E-state index in [1.165, 1.54) is 12.8 Å². The van der Waals surface area contributed by atoms with Crippen LogP contribution in [-0.4, -0.2) is 23.1 Å². The van der Waals surface area contributed by atoms with Gasteiger partial charge in [-0.1, -0.05) is 31.9 Å². The van der Waals surface area contributed by atoms with Crippen LogP contribution >= 0.6 is 0 Å². The van der Waals surface area contributed by atoms with Crippen LogP contribution in [-0.2, 0) is 6.54 Å². The fourth-order valence-electron chi connectivity index (χ4n) is 2.27. The molecule has 5 nitrogen and oxygen atoms in total. The monoisotopic (exact) mass is 290 g/mol. The van der Waals surface area contributed by atoms with Crippen LogP contribution in [0.2, 0.25) is 0 Å². The molecule has 114 valence electrons. The summed E-state index contributed by atoms with van der Waals surface area (Å²) < 4.78 is 0. The molecule has 0 spiro atoms. The van der Waals surface area contributed by atoms with Gasteiger partial charge >= 0.3 is 12.0 Å². The van der Waals surface area contributed by atoms with Gasteiger partial charge in [-0.2, -0.15) is 0 Å². The van der Waals surface area contributed by atoms with Gasteiger partial charge in [0, 0.05) is 12.6 Å². The Balaban J connectivity index is 1.75. The van der Waals surface area contributed by atoms with Crippen LogP contribution in [0.4, 0.5) is 4.79 Å². The quantitative estimate of drug-likeness (QED) is 0.722. The molecule has 0 saturated heterocycles. The van der Waals surface area contributed by atoms with Crippen molar-refractivity contribution >= 4 is 12.0 Å². The number of amides is 2. The topological polar surface area (TPSA) is 78.4 Å². The molecule has 3 N–H and O–H groups in total. The maximum absolute atomic E-state index is 11.8. The average Bonchev–Trinajstić information content (AvgIpc) is 3.28. The van der Waals surface area contributed by atoms with Gasteiger partial charge in [0.15, 0.2) is 0 Å². The van der Waals surface area contributed by atoms with E-state index in [4.69, 9.17) is 5.11 Å². The minimum atomic E-state index is -0.946. The molecule has 0 aliphatic heterocycles. The van der Waals surface area contributed by atoms with E-state index in [0.29, 0.717) is 6.54 Å². The van der Waals surface area contributed by atoms with E-state index in [1.807, 2.05) is 0 Å². The smallest absolute Gasteiger partial charge is 0.335 e. The van der Waals surface area contributed by atoms with E-state index in [0.717, 1.165) is 24.3 Å². The second-order valence-corrected chi connectivity index (χ2v) is 5.61. The number of nitrogens with one attached hydrogen (secondary N) is 2. The van der Waals surface area contributed by atoms with Crippen molar-refractivity contribution in [2.45, 2.75) is 45.2 Å². The summed E-state index contributed by atoms with van der Waals surface area (Å²) in [5.74, 6) is -0.156. The predicted molar refractivity (Wildman–Crippen MR) is 80.2 cm³/mol. The molecule has 2 rings (SSSR count). The second kappa shape index (κ2) is 7.11. The normalized spacial score (nSPS) is 15.3. The summed E-state index contributed by atoms with van der Waals surface area (Å²) in [6.07, 6.45) is 4.58. The Kier molecular flexibility index (Phi) is 5.20. The number of carboxylic acids is 1. The first-order valence-corrected chi connectivity index (χ1v) is 7.45. The number of carbonyl (C=O) groups excluding carboxylic acids is 1. The fourth-order valence-corrected chi connectivity index (χ4v) is 2.27. The SMILES string of the molecule is CCC(CC1CC1)NC(=O)NCc1ccc(C(=O)O)cc1. The van der Waals surface area contributed by atoms with E-state index < -0.39 is 5.97 Å². The Morgan fingerprint density at radius 2 is 1.95 bits per heavy atom. The van der Waals surface area contributed by atoms with Gasteiger partial charge in [0.25, 0.3) is 0 Å². The van der Waals surface area contributed by atoms with Crippen molar-refractivity contribution in [1.82, 2.24) is 10.6 Å². The Morgan fingerprint density at radius 1 is 1.29 bits per heavy atom. The van der Waals surface area contributed by atoms with Crippen LogP contribution < -0.4 is 10.6 Å². The highest BCUT2D eigenvalue weighted by atomic mass is 16.4. The lowest BCUT2D eigenvalue weighted by Crippen LogP contribution is -2.41. The number of aromatic carboxylic acids is 1. The minimum absolute atomic E-state index is 0.162. The summed E-state index contributed by atoms with van der Waals surface area (Å²) in [6, 6.07) is 6.59. The first kappa shape index (κ1) is 15.4. The van der Waals surface area contributed by atoms with E-state index in [9.17, 15) is 9.59 Å². The van der Waals surface area contributed by atoms with Crippen molar-refractivity contribution in [2.75, 3.05) is 0 Å². The molecule has 0 aromatic heterocycles. The van der Waals surface area contributed by atoms with Crippen LogP contribution in [0, 0.1) is 5.92 Å². The van der Waals surface area contributed by atoms with Gasteiger partial charge in [0.1, 0.15) is 0 Å². The van der Waals surface area contributed by atoms with Crippen LogP contribution in [0.1, 0.15) is 48.5 Å². The zero-order chi connectivity index (χ0) is 15.2. The maximum atomic E-state index is 11.8. The number of hydrogen-bond donors (Lipinski definition) is 3. The standard InChI is InChI=1S/C16H22N2O3/c1-2-14(9-11-3-4-11)18-16(21)17-10-12-5-7-13(8-6-12)15(19)20/h5-8,11,14H,2-4,9-10H2,1H3,(H,19,20)(H2,17,18,21). The van der Waals surface area contributed by atoms with Gasteiger partial charge < -0.3 is 15.7 Å². The van der Waals surface area contributed by atoms with Crippen molar-refractivity contribution in [3.63, 3.8) is 0 Å². The van der Waals surface area contributed by atoms with Crippen molar-refractivity contribution in [3.05, 3.63) is 35.4 Å². The van der Waals surface area contributed by atoms with Gasteiger partial charge in [0.2, 0.25) is 0 Å². The molecule has 1 aliphatic carbocycles. The Labute approximate surface area is 124 Å². The average molecular weight is 290 g/mol. The summed E-state index contributed by atoms with van der Waals surface area (Å²) in [5, 5.41) is 14.6. The van der Waals surface area contributed by atoms with Gasteiger partial charge in [-0.25, -0.2) is 9.59 Å². The second-order valence-electron chi connectivity index (χ2n) is 5.61. The summed E-state index contributed by atoms with van der Waals surface area (Å²) >= 11 is 0. The number of hydrogen-bond acceptors (Lipinski definition) is 2. The highest BCUT2D eigenvalue weighted by Crippen LogP contribution is 2.33. The van der Waals surface area contributed by atoms with E-state index in [-0.39, 0.29) is 17.6 Å². The van der Waals surface area contributed by atoms with E-state index in [1.54, 1.807) is 24.3 Å². The molecule has 0 bridgehead atoms. The lowest BCUT2D eigenvalue weighted by Gasteiger charge is -2.17. The highest BCUT2D eigenvalue weighted by molar-refractivity contribution is 5.87. The Hall–Kier alpha value is -2.04. The summed E-state index contributed by atoms with van der Waals surface area (Å²) in [7, 11) is 0. The van der Waals surface area contributed by atoms with E-state index in [2.05, 4.69) is 17.6 Å². The van der Waals surface area contributed by atoms with Crippen LogP contribution in [0.3, 0.4) is 0 Å². The molecule has 1 aromatic rings. The van der Waals surface area contributed by atoms with Gasteiger partial charge in [-0.05, 0) is 36.5 Å². The minimum Gasteiger partial charge on any atom is -0.478 e. The highest BCUT2D eigenvalue weighted by Gasteiger charge is 2.25. The first-order valence-electron chi connectivity index (χ1n) is 7.45. The third-order valence-corrected chi connectivity index (χ3v) is 3.80. The molecule has 1 fully saturated rings. The predicted octanol–water partition coefficient (Wildman–Crippen LogP) is 2.76. The molecule has 5 heteroatoms.